The number of halogens is 4. The number of aromatic nitrogens is 1. The summed E-state index contributed by atoms with van der Waals surface area (Å²) in [5.74, 6) is -4.49. The molecule has 2 aromatic rings. The first-order valence-electron chi connectivity index (χ1n) is 8.89. The first kappa shape index (κ1) is 23.2. The molecule has 0 saturated heterocycles. The van der Waals surface area contributed by atoms with E-state index in [9.17, 15) is 22.4 Å². The SMILES string of the molecule is CCOC(C)c1nc(CC(=O)Nc2cccc(COCC(F)(F)C(F)F)c2)cs1. The fourth-order valence-corrected chi connectivity index (χ4v) is 3.21. The third-order valence-electron chi connectivity index (χ3n) is 3.77. The number of benzene rings is 1. The van der Waals surface area contributed by atoms with Gasteiger partial charge in [0.2, 0.25) is 5.91 Å². The van der Waals surface area contributed by atoms with Crippen molar-refractivity contribution in [3.63, 3.8) is 0 Å². The topological polar surface area (TPSA) is 60.5 Å². The van der Waals surface area contributed by atoms with E-state index in [2.05, 4.69) is 15.0 Å². The predicted molar refractivity (Wildman–Crippen MR) is 102 cm³/mol. The number of carbonyl (C=O) groups is 1. The summed E-state index contributed by atoms with van der Waals surface area (Å²) in [6, 6.07) is 6.34. The van der Waals surface area contributed by atoms with Gasteiger partial charge in [0, 0.05) is 17.7 Å². The van der Waals surface area contributed by atoms with Crippen molar-refractivity contribution in [1.29, 1.82) is 0 Å². The summed E-state index contributed by atoms with van der Waals surface area (Å²) in [6.07, 6.45) is -3.86. The Morgan fingerprint density at radius 2 is 2.10 bits per heavy atom. The largest absolute Gasteiger partial charge is 0.372 e. The quantitative estimate of drug-likeness (QED) is 0.514. The van der Waals surface area contributed by atoms with E-state index in [0.29, 0.717) is 23.6 Å². The van der Waals surface area contributed by atoms with Crippen molar-refractivity contribution >= 4 is 22.9 Å². The van der Waals surface area contributed by atoms with Gasteiger partial charge >= 0.3 is 12.3 Å². The minimum Gasteiger partial charge on any atom is -0.372 e. The molecule has 1 amide bonds. The van der Waals surface area contributed by atoms with Crippen LogP contribution in [-0.2, 0) is 27.3 Å². The second-order valence-electron chi connectivity index (χ2n) is 6.25. The van der Waals surface area contributed by atoms with Gasteiger partial charge < -0.3 is 14.8 Å². The number of alkyl halides is 4. The molecule has 0 aliphatic heterocycles. The molecule has 29 heavy (non-hydrogen) atoms. The van der Waals surface area contributed by atoms with Crippen LogP contribution in [0, 0.1) is 0 Å². The Hall–Kier alpha value is -2.04. The molecule has 2 rings (SSSR count). The highest BCUT2D eigenvalue weighted by atomic mass is 32.1. The van der Waals surface area contributed by atoms with Gasteiger partial charge in [-0.15, -0.1) is 11.3 Å². The molecule has 5 nitrogen and oxygen atoms in total. The third kappa shape index (κ3) is 7.37. The summed E-state index contributed by atoms with van der Waals surface area (Å²) in [5.41, 5.74) is 1.52. The van der Waals surface area contributed by atoms with Crippen molar-refractivity contribution in [1.82, 2.24) is 4.98 Å². The standard InChI is InChI=1S/C19H22F4N2O3S/c1-3-28-12(2)17-25-15(10-29-17)8-16(26)24-14-6-4-5-13(7-14)9-27-11-19(22,23)18(20)21/h4-7,10,12,18H,3,8-9,11H2,1-2H3,(H,24,26). The lowest BCUT2D eigenvalue weighted by atomic mass is 10.2. The second-order valence-corrected chi connectivity index (χ2v) is 7.14. The van der Waals surface area contributed by atoms with Crippen LogP contribution in [0.5, 0.6) is 0 Å². The third-order valence-corrected chi connectivity index (χ3v) is 4.82. The lowest BCUT2D eigenvalue weighted by Gasteiger charge is -2.15. The summed E-state index contributed by atoms with van der Waals surface area (Å²) in [6.45, 7) is 2.68. The number of hydrogen-bond donors (Lipinski definition) is 1. The fraction of sp³-hybridized carbons (Fsp3) is 0.474. The Balaban J connectivity index is 1.87. The zero-order valence-corrected chi connectivity index (χ0v) is 16.8. The number of ether oxygens (including phenoxy) is 2. The molecular weight excluding hydrogens is 412 g/mol. The minimum absolute atomic E-state index is 0.0662. The highest BCUT2D eigenvalue weighted by molar-refractivity contribution is 7.09. The predicted octanol–water partition coefficient (Wildman–Crippen LogP) is 4.84. The van der Waals surface area contributed by atoms with Crippen molar-refractivity contribution < 1.29 is 31.8 Å². The van der Waals surface area contributed by atoms with Crippen LogP contribution in [0.1, 0.15) is 36.2 Å². The molecule has 0 aliphatic carbocycles. The van der Waals surface area contributed by atoms with E-state index in [1.807, 2.05) is 13.8 Å². The molecule has 0 radical (unpaired) electrons. The van der Waals surface area contributed by atoms with Crippen molar-refractivity contribution in [3.8, 4) is 0 Å². The van der Waals surface area contributed by atoms with E-state index < -0.39 is 19.0 Å². The smallest absolute Gasteiger partial charge is 0.330 e. The van der Waals surface area contributed by atoms with E-state index in [-0.39, 0.29) is 25.0 Å². The van der Waals surface area contributed by atoms with Crippen LogP contribution < -0.4 is 5.32 Å². The van der Waals surface area contributed by atoms with Gasteiger partial charge in [0.15, 0.2) is 0 Å². The van der Waals surface area contributed by atoms with Crippen molar-refractivity contribution in [3.05, 3.63) is 45.9 Å². The number of anilines is 1. The average molecular weight is 434 g/mol. The van der Waals surface area contributed by atoms with Crippen LogP contribution in [0.15, 0.2) is 29.6 Å². The van der Waals surface area contributed by atoms with Gasteiger partial charge in [0.1, 0.15) is 17.7 Å². The average Bonchev–Trinajstić information content (AvgIpc) is 3.10. The summed E-state index contributed by atoms with van der Waals surface area (Å²) in [7, 11) is 0. The number of nitrogens with one attached hydrogen (secondary N) is 1. The van der Waals surface area contributed by atoms with Crippen molar-refractivity contribution in [2.45, 2.75) is 45.3 Å². The van der Waals surface area contributed by atoms with Gasteiger partial charge in [0.25, 0.3) is 0 Å². The summed E-state index contributed by atoms with van der Waals surface area (Å²) in [5, 5.41) is 5.27. The molecule has 0 fully saturated rings. The monoisotopic (exact) mass is 434 g/mol. The van der Waals surface area contributed by atoms with Crippen LogP contribution in [0.3, 0.4) is 0 Å². The molecule has 0 aliphatic rings. The molecule has 0 saturated carbocycles. The molecule has 10 heteroatoms. The number of nitrogens with zero attached hydrogens (tertiary/aromatic N) is 1. The highest BCUT2D eigenvalue weighted by Crippen LogP contribution is 2.24. The van der Waals surface area contributed by atoms with Crippen LogP contribution in [0.4, 0.5) is 23.2 Å². The van der Waals surface area contributed by atoms with Gasteiger partial charge in [0.05, 0.1) is 18.7 Å². The maximum Gasteiger partial charge on any atom is 0.330 e. The zero-order chi connectivity index (χ0) is 21.4. The van der Waals surface area contributed by atoms with Gasteiger partial charge in [-0.3, -0.25) is 4.79 Å². The number of rotatable bonds is 11. The number of hydrogen-bond acceptors (Lipinski definition) is 5. The molecule has 1 atom stereocenters. The van der Waals surface area contributed by atoms with Crippen molar-refractivity contribution in [2.24, 2.45) is 0 Å². The Morgan fingerprint density at radius 3 is 2.79 bits per heavy atom. The molecule has 0 spiro atoms. The Bertz CT molecular complexity index is 801. The van der Waals surface area contributed by atoms with Crippen LogP contribution in [-0.4, -0.2) is 36.5 Å². The summed E-state index contributed by atoms with van der Waals surface area (Å²) in [4.78, 5) is 16.6. The molecule has 160 valence electrons. The lowest BCUT2D eigenvalue weighted by molar-refractivity contribution is -0.168. The number of amides is 1. The molecule has 1 aromatic carbocycles. The lowest BCUT2D eigenvalue weighted by Crippen LogP contribution is -2.32. The van der Waals surface area contributed by atoms with Crippen LogP contribution in [0.2, 0.25) is 0 Å². The Labute approximate surface area is 170 Å². The van der Waals surface area contributed by atoms with Gasteiger partial charge in [-0.05, 0) is 31.5 Å². The van der Waals surface area contributed by atoms with Crippen LogP contribution in [0.25, 0.3) is 0 Å². The fourth-order valence-electron chi connectivity index (χ4n) is 2.39. The summed E-state index contributed by atoms with van der Waals surface area (Å²) >= 11 is 1.41. The molecule has 1 heterocycles. The number of thiazole rings is 1. The molecular formula is C19H22F4N2O3S. The van der Waals surface area contributed by atoms with E-state index in [1.54, 1.807) is 23.6 Å². The van der Waals surface area contributed by atoms with Crippen molar-refractivity contribution in [2.75, 3.05) is 18.5 Å². The number of carbonyl (C=O) groups excluding carboxylic acids is 1. The van der Waals surface area contributed by atoms with Gasteiger partial charge in [-0.1, -0.05) is 12.1 Å². The zero-order valence-electron chi connectivity index (χ0n) is 16.0. The normalized spacial score (nSPS) is 12.9. The van der Waals surface area contributed by atoms with Gasteiger partial charge in [-0.25, -0.2) is 13.8 Å². The molecule has 1 aromatic heterocycles. The van der Waals surface area contributed by atoms with E-state index in [4.69, 9.17) is 4.74 Å². The Kier molecular flexibility index (Phi) is 8.54. The Morgan fingerprint density at radius 1 is 1.34 bits per heavy atom. The minimum atomic E-state index is -4.20. The van der Waals surface area contributed by atoms with Crippen LogP contribution >= 0.6 is 11.3 Å². The maximum atomic E-state index is 12.9. The summed E-state index contributed by atoms with van der Waals surface area (Å²) < 4.78 is 60.1. The first-order chi connectivity index (χ1) is 13.7. The van der Waals surface area contributed by atoms with E-state index in [0.717, 1.165) is 5.01 Å². The second kappa shape index (κ2) is 10.7. The molecule has 1 N–H and O–H groups in total. The van der Waals surface area contributed by atoms with E-state index >= 15 is 0 Å². The van der Waals surface area contributed by atoms with E-state index in [1.165, 1.54) is 17.4 Å². The maximum absolute atomic E-state index is 12.9. The van der Waals surface area contributed by atoms with Gasteiger partial charge in [-0.2, -0.15) is 8.78 Å². The highest BCUT2D eigenvalue weighted by Gasteiger charge is 2.40. The first-order valence-corrected chi connectivity index (χ1v) is 9.77. The molecule has 0 bridgehead atoms. The molecule has 1 unspecified atom stereocenters.